The van der Waals surface area contributed by atoms with Crippen molar-refractivity contribution in [1.82, 2.24) is 0 Å². The fourth-order valence-corrected chi connectivity index (χ4v) is 1.28. The third-order valence-corrected chi connectivity index (χ3v) is 1.99. The Labute approximate surface area is 85.4 Å². The molecule has 6 nitrogen and oxygen atoms in total. The normalized spacial score (nSPS) is 13.5. The van der Waals surface area contributed by atoms with Crippen LogP contribution in [0.1, 0.15) is 10.4 Å². The molecule has 0 aliphatic rings. The Balaban J connectivity index is 2.74. The van der Waals surface area contributed by atoms with Gasteiger partial charge >= 0.3 is 7.82 Å². The number of phosphoric acid groups is 1. The standard InChI is InChI=1S/C8H9O6P/c9-7(6-4-2-1-3-5-6)8(10)14-15(11,12)13/h1-5,8,10H,(H2,11,12,13). The summed E-state index contributed by atoms with van der Waals surface area (Å²) in [6.07, 6.45) is -2.16. The van der Waals surface area contributed by atoms with E-state index < -0.39 is 19.9 Å². The Morgan fingerprint density at radius 3 is 2.27 bits per heavy atom. The molecule has 0 spiro atoms. The second kappa shape index (κ2) is 4.65. The predicted octanol–water partition coefficient (Wildman–Crippen LogP) is 0.297. The van der Waals surface area contributed by atoms with Gasteiger partial charge < -0.3 is 14.9 Å². The van der Waals surface area contributed by atoms with Gasteiger partial charge in [0.1, 0.15) is 0 Å². The predicted molar refractivity (Wildman–Crippen MR) is 49.9 cm³/mol. The highest BCUT2D eigenvalue weighted by molar-refractivity contribution is 7.46. The highest BCUT2D eigenvalue weighted by Gasteiger charge is 2.26. The van der Waals surface area contributed by atoms with Gasteiger partial charge in [0.25, 0.3) is 0 Å². The third kappa shape index (κ3) is 3.91. The van der Waals surface area contributed by atoms with E-state index in [9.17, 15) is 9.36 Å². The molecule has 0 aliphatic heterocycles. The highest BCUT2D eigenvalue weighted by Crippen LogP contribution is 2.37. The van der Waals surface area contributed by atoms with Crippen LogP contribution in [-0.4, -0.2) is 27.0 Å². The average molecular weight is 232 g/mol. The lowest BCUT2D eigenvalue weighted by atomic mass is 10.1. The maximum atomic E-state index is 11.3. The molecule has 82 valence electrons. The van der Waals surface area contributed by atoms with Crippen molar-refractivity contribution in [2.45, 2.75) is 6.29 Å². The maximum Gasteiger partial charge on any atom is 0.472 e. The lowest BCUT2D eigenvalue weighted by Gasteiger charge is -2.10. The quantitative estimate of drug-likeness (QED) is 0.391. The number of carbonyl (C=O) groups excluding carboxylic acids is 1. The zero-order valence-corrected chi connectivity index (χ0v) is 8.37. The molecule has 0 amide bonds. The van der Waals surface area contributed by atoms with Crippen molar-refractivity contribution >= 4 is 13.6 Å². The van der Waals surface area contributed by atoms with Crippen LogP contribution in [0.4, 0.5) is 0 Å². The molecule has 1 unspecified atom stereocenters. The number of Topliss-reactive ketones (excluding diaryl/α,β-unsaturated/α-hetero) is 1. The van der Waals surface area contributed by atoms with Crippen molar-refractivity contribution in [1.29, 1.82) is 0 Å². The maximum absolute atomic E-state index is 11.3. The van der Waals surface area contributed by atoms with Crippen molar-refractivity contribution in [3.05, 3.63) is 35.9 Å². The van der Waals surface area contributed by atoms with Gasteiger partial charge in [0.05, 0.1) is 0 Å². The molecule has 1 rings (SSSR count). The molecule has 0 bridgehead atoms. The average Bonchev–Trinajstić information content (AvgIpc) is 2.15. The van der Waals surface area contributed by atoms with Crippen LogP contribution in [0.15, 0.2) is 30.3 Å². The summed E-state index contributed by atoms with van der Waals surface area (Å²) in [5.41, 5.74) is 0.110. The smallest absolute Gasteiger partial charge is 0.361 e. The minimum atomic E-state index is -4.87. The molecule has 15 heavy (non-hydrogen) atoms. The number of hydrogen-bond acceptors (Lipinski definition) is 4. The molecule has 0 saturated carbocycles. The van der Waals surface area contributed by atoms with E-state index >= 15 is 0 Å². The zero-order valence-electron chi connectivity index (χ0n) is 7.48. The molecule has 1 atom stereocenters. The van der Waals surface area contributed by atoms with E-state index in [0.29, 0.717) is 0 Å². The van der Waals surface area contributed by atoms with Crippen molar-refractivity contribution in [2.75, 3.05) is 0 Å². The number of carbonyl (C=O) groups is 1. The van der Waals surface area contributed by atoms with Gasteiger partial charge in [0.15, 0.2) is 0 Å². The number of rotatable bonds is 4. The molecule has 1 aromatic carbocycles. The van der Waals surface area contributed by atoms with Gasteiger partial charge in [-0.2, -0.15) is 0 Å². The number of hydrogen-bond donors (Lipinski definition) is 3. The second-order valence-electron chi connectivity index (χ2n) is 2.68. The van der Waals surface area contributed by atoms with Crippen molar-refractivity contribution in [3.8, 4) is 0 Å². The third-order valence-electron chi connectivity index (χ3n) is 1.52. The topological polar surface area (TPSA) is 104 Å². The zero-order chi connectivity index (χ0) is 11.5. The van der Waals surface area contributed by atoms with Crippen LogP contribution in [0.25, 0.3) is 0 Å². The highest BCUT2D eigenvalue weighted by atomic mass is 31.2. The summed E-state index contributed by atoms with van der Waals surface area (Å²) in [7, 11) is -4.87. The summed E-state index contributed by atoms with van der Waals surface area (Å²) in [6.45, 7) is 0. The number of aliphatic hydroxyl groups is 1. The fourth-order valence-electron chi connectivity index (χ4n) is 0.923. The summed E-state index contributed by atoms with van der Waals surface area (Å²) in [5, 5.41) is 9.04. The van der Waals surface area contributed by atoms with E-state index in [1.165, 1.54) is 12.1 Å². The molecule has 0 fully saturated rings. The minimum Gasteiger partial charge on any atom is -0.361 e. The van der Waals surface area contributed by atoms with Crippen LogP contribution in [0.5, 0.6) is 0 Å². The monoisotopic (exact) mass is 232 g/mol. The van der Waals surface area contributed by atoms with Gasteiger partial charge in [-0.3, -0.25) is 4.79 Å². The minimum absolute atomic E-state index is 0.110. The van der Waals surface area contributed by atoms with Crippen LogP contribution in [0.2, 0.25) is 0 Å². The number of benzene rings is 1. The van der Waals surface area contributed by atoms with E-state index in [1.54, 1.807) is 18.2 Å². The fraction of sp³-hybridized carbons (Fsp3) is 0.125. The molecule has 0 aromatic heterocycles. The van der Waals surface area contributed by atoms with E-state index in [0.717, 1.165) is 0 Å². The summed E-state index contributed by atoms with van der Waals surface area (Å²) in [5.74, 6) is -0.904. The molecular formula is C8H9O6P. The van der Waals surface area contributed by atoms with Gasteiger partial charge in [0, 0.05) is 5.56 Å². The van der Waals surface area contributed by atoms with Gasteiger partial charge in [-0.1, -0.05) is 30.3 Å². The van der Waals surface area contributed by atoms with Gasteiger partial charge in [-0.15, -0.1) is 0 Å². The van der Waals surface area contributed by atoms with Crippen LogP contribution in [0.3, 0.4) is 0 Å². The first-order valence-electron chi connectivity index (χ1n) is 3.91. The lowest BCUT2D eigenvalue weighted by molar-refractivity contribution is -0.0186. The Kier molecular flexibility index (Phi) is 3.73. The van der Waals surface area contributed by atoms with E-state index in [4.69, 9.17) is 14.9 Å². The summed E-state index contributed by atoms with van der Waals surface area (Å²) in [4.78, 5) is 28.0. The Bertz CT molecular complexity index is 383. The first-order valence-corrected chi connectivity index (χ1v) is 5.44. The Morgan fingerprint density at radius 1 is 1.27 bits per heavy atom. The SMILES string of the molecule is O=C(c1ccccc1)C(O)OP(=O)(O)O. The van der Waals surface area contributed by atoms with E-state index in [-0.39, 0.29) is 5.56 Å². The van der Waals surface area contributed by atoms with Crippen molar-refractivity contribution in [2.24, 2.45) is 0 Å². The molecule has 1 aromatic rings. The Morgan fingerprint density at radius 2 is 1.80 bits per heavy atom. The van der Waals surface area contributed by atoms with Crippen LogP contribution in [-0.2, 0) is 9.09 Å². The van der Waals surface area contributed by atoms with Gasteiger partial charge in [0.2, 0.25) is 12.1 Å². The summed E-state index contributed by atoms with van der Waals surface area (Å²) in [6, 6.07) is 7.56. The largest absolute Gasteiger partial charge is 0.472 e. The number of phosphoric ester groups is 1. The lowest BCUT2D eigenvalue weighted by Crippen LogP contribution is -2.22. The van der Waals surface area contributed by atoms with Gasteiger partial charge in [-0.05, 0) is 0 Å². The molecule has 0 aliphatic carbocycles. The number of ketones is 1. The summed E-state index contributed by atoms with van der Waals surface area (Å²) >= 11 is 0. The van der Waals surface area contributed by atoms with Crippen LogP contribution < -0.4 is 0 Å². The van der Waals surface area contributed by atoms with Gasteiger partial charge in [-0.25, -0.2) is 9.09 Å². The second-order valence-corrected chi connectivity index (χ2v) is 3.87. The van der Waals surface area contributed by atoms with Crippen LogP contribution in [0, 0.1) is 0 Å². The van der Waals surface area contributed by atoms with Crippen LogP contribution >= 0.6 is 7.82 Å². The van der Waals surface area contributed by atoms with E-state index in [2.05, 4.69) is 4.52 Å². The molecular weight excluding hydrogens is 223 g/mol. The first-order chi connectivity index (χ1) is 6.90. The molecule has 0 heterocycles. The Hall–Kier alpha value is -1.04. The number of aliphatic hydroxyl groups excluding tert-OH is 1. The molecule has 7 heteroatoms. The van der Waals surface area contributed by atoms with Crippen molar-refractivity contribution < 1.29 is 28.8 Å². The molecule has 0 radical (unpaired) electrons. The molecule has 3 N–H and O–H groups in total. The van der Waals surface area contributed by atoms with E-state index in [1.807, 2.05) is 0 Å². The first kappa shape index (κ1) is 12.0. The van der Waals surface area contributed by atoms with Crippen molar-refractivity contribution in [3.63, 3.8) is 0 Å². The summed E-state index contributed by atoms with van der Waals surface area (Å²) < 4.78 is 14.2. The molecule has 0 saturated heterocycles.